The molecule has 0 spiro atoms. The number of benzene rings is 1. The Balaban J connectivity index is 1.98. The quantitative estimate of drug-likeness (QED) is 0.620. The number of aromatic nitrogens is 4. The molecule has 0 atom stereocenters. The minimum absolute atomic E-state index is 0.191. The maximum atomic E-state index is 11.4. The lowest BCUT2D eigenvalue weighted by Crippen LogP contribution is -2.06. The first-order valence-electron chi connectivity index (χ1n) is 8.42. The molecule has 0 saturated carbocycles. The van der Waals surface area contributed by atoms with Crippen LogP contribution in [0.5, 0.6) is 0 Å². The van der Waals surface area contributed by atoms with Crippen LogP contribution < -0.4 is 0 Å². The first kappa shape index (κ1) is 17.0. The van der Waals surface area contributed by atoms with E-state index >= 15 is 0 Å². The van der Waals surface area contributed by atoms with Crippen molar-refractivity contribution in [3.8, 4) is 22.6 Å². The Hall–Kier alpha value is -2.89. The summed E-state index contributed by atoms with van der Waals surface area (Å²) < 4.78 is 8.91. The summed E-state index contributed by atoms with van der Waals surface area (Å²) in [5.74, 6) is -0.191. The smallest absolute Gasteiger partial charge is 0.305 e. The largest absolute Gasteiger partial charge is 0.469 e. The number of carbonyl (C=O) groups excluding carboxylic acids is 1. The van der Waals surface area contributed by atoms with Gasteiger partial charge in [-0.3, -0.25) is 4.79 Å². The lowest BCUT2D eigenvalue weighted by Gasteiger charge is -2.12. The first-order chi connectivity index (χ1) is 12.2. The summed E-state index contributed by atoms with van der Waals surface area (Å²) in [6, 6.07) is 10.1. The number of methoxy groups -OCH3 is 1. The molecular weight excluding hydrogens is 316 g/mol. The number of aryl methyl sites for hydroxylation is 2. The van der Waals surface area contributed by atoms with Crippen LogP contribution in [0.25, 0.3) is 22.6 Å². The van der Waals surface area contributed by atoms with Crippen molar-refractivity contribution >= 4 is 5.97 Å². The van der Waals surface area contributed by atoms with E-state index in [1.807, 2.05) is 37.1 Å². The predicted octanol–water partition coefficient (Wildman–Crippen LogP) is 3.39. The van der Waals surface area contributed by atoms with Crippen LogP contribution in [-0.4, -0.2) is 32.2 Å². The van der Waals surface area contributed by atoms with Gasteiger partial charge in [-0.05, 0) is 13.3 Å². The number of nitrogens with zero attached hydrogens (tertiary/aromatic N) is 4. The Morgan fingerprint density at radius 3 is 2.68 bits per heavy atom. The lowest BCUT2D eigenvalue weighted by molar-refractivity contribution is -0.140. The normalized spacial score (nSPS) is 10.8. The fourth-order valence-electron chi connectivity index (χ4n) is 2.89. The van der Waals surface area contributed by atoms with E-state index in [0.29, 0.717) is 19.4 Å². The molecule has 0 aliphatic carbocycles. The van der Waals surface area contributed by atoms with Crippen LogP contribution in [0.1, 0.15) is 19.8 Å². The fraction of sp³-hybridized carbons (Fsp3) is 0.316. The van der Waals surface area contributed by atoms with Gasteiger partial charge in [0.25, 0.3) is 0 Å². The second kappa shape index (κ2) is 7.79. The Bertz CT molecular complexity index is 836. The van der Waals surface area contributed by atoms with Crippen molar-refractivity contribution in [1.82, 2.24) is 19.1 Å². The maximum Gasteiger partial charge on any atom is 0.305 e. The van der Waals surface area contributed by atoms with Crippen LogP contribution in [0.2, 0.25) is 0 Å². The lowest BCUT2D eigenvalue weighted by atomic mass is 10.1. The highest BCUT2D eigenvalue weighted by atomic mass is 16.5. The summed E-state index contributed by atoms with van der Waals surface area (Å²) in [5, 5.41) is 0. The molecule has 0 amide bonds. The van der Waals surface area contributed by atoms with Crippen molar-refractivity contribution in [1.29, 1.82) is 0 Å². The zero-order valence-corrected chi connectivity index (χ0v) is 14.6. The predicted molar refractivity (Wildman–Crippen MR) is 95.8 cm³/mol. The van der Waals surface area contributed by atoms with Crippen molar-refractivity contribution in [3.63, 3.8) is 0 Å². The van der Waals surface area contributed by atoms with Crippen LogP contribution in [0.3, 0.4) is 0 Å². The van der Waals surface area contributed by atoms with E-state index in [9.17, 15) is 4.79 Å². The summed E-state index contributed by atoms with van der Waals surface area (Å²) >= 11 is 0. The van der Waals surface area contributed by atoms with Crippen LogP contribution in [0.4, 0.5) is 0 Å². The average molecular weight is 338 g/mol. The number of carbonyl (C=O) groups is 1. The molecule has 25 heavy (non-hydrogen) atoms. The summed E-state index contributed by atoms with van der Waals surface area (Å²) in [4.78, 5) is 20.3. The van der Waals surface area contributed by atoms with E-state index in [1.54, 1.807) is 0 Å². The van der Waals surface area contributed by atoms with E-state index in [2.05, 4.69) is 38.2 Å². The maximum absolute atomic E-state index is 11.4. The molecule has 3 rings (SSSR count). The first-order valence-corrected chi connectivity index (χ1v) is 8.42. The Labute approximate surface area is 147 Å². The zero-order chi connectivity index (χ0) is 17.6. The topological polar surface area (TPSA) is 61.9 Å². The second-order valence-corrected chi connectivity index (χ2v) is 5.75. The molecular formula is C19H22N4O2. The fourth-order valence-corrected chi connectivity index (χ4v) is 2.89. The van der Waals surface area contributed by atoms with E-state index < -0.39 is 0 Å². The monoisotopic (exact) mass is 338 g/mol. The van der Waals surface area contributed by atoms with Crippen LogP contribution in [0, 0.1) is 0 Å². The molecule has 130 valence electrons. The zero-order valence-electron chi connectivity index (χ0n) is 14.6. The summed E-state index contributed by atoms with van der Waals surface area (Å²) in [5.41, 5.74) is 4.04. The molecule has 0 aliphatic rings. The molecule has 6 heteroatoms. The standard InChI is InChI=1S/C19H22N4O2/c1-3-22-13-20-12-16(22)19-18(15-8-5-4-6-9-15)21-14-23(19)11-7-10-17(24)25-2/h4-6,8-9,12-14H,3,7,10-11H2,1-2H3. The molecule has 0 fully saturated rings. The van der Waals surface area contributed by atoms with Gasteiger partial charge in [-0.25, -0.2) is 9.97 Å². The van der Waals surface area contributed by atoms with Gasteiger partial charge in [0.1, 0.15) is 0 Å². The number of ether oxygens (including phenoxy) is 1. The molecule has 1 aromatic carbocycles. The minimum Gasteiger partial charge on any atom is -0.469 e. The molecule has 0 saturated heterocycles. The molecule has 0 N–H and O–H groups in total. The van der Waals surface area contributed by atoms with Gasteiger partial charge in [0.2, 0.25) is 0 Å². The van der Waals surface area contributed by atoms with E-state index in [-0.39, 0.29) is 5.97 Å². The molecule has 6 nitrogen and oxygen atoms in total. The molecule has 2 aromatic heterocycles. The number of hydrogen-bond donors (Lipinski definition) is 0. The highest BCUT2D eigenvalue weighted by Gasteiger charge is 2.18. The van der Waals surface area contributed by atoms with Crippen LogP contribution in [0.15, 0.2) is 49.2 Å². The number of hydrogen-bond acceptors (Lipinski definition) is 4. The van der Waals surface area contributed by atoms with Gasteiger partial charge < -0.3 is 13.9 Å². The van der Waals surface area contributed by atoms with Gasteiger partial charge >= 0.3 is 5.97 Å². The van der Waals surface area contributed by atoms with E-state index in [0.717, 1.165) is 29.2 Å². The Morgan fingerprint density at radius 2 is 1.96 bits per heavy atom. The highest BCUT2D eigenvalue weighted by Crippen LogP contribution is 2.31. The Kier molecular flexibility index (Phi) is 5.28. The molecule has 0 bridgehead atoms. The molecule has 0 aliphatic heterocycles. The molecule has 3 aromatic rings. The van der Waals surface area contributed by atoms with Crippen LogP contribution >= 0.6 is 0 Å². The van der Waals surface area contributed by atoms with Crippen molar-refractivity contribution in [3.05, 3.63) is 49.2 Å². The van der Waals surface area contributed by atoms with Gasteiger partial charge in [0, 0.05) is 25.1 Å². The summed E-state index contributed by atoms with van der Waals surface area (Å²) in [6.45, 7) is 3.61. The number of rotatable bonds is 7. The summed E-state index contributed by atoms with van der Waals surface area (Å²) in [6.07, 6.45) is 6.62. The van der Waals surface area contributed by atoms with Gasteiger partial charge in [0.15, 0.2) is 0 Å². The second-order valence-electron chi connectivity index (χ2n) is 5.75. The van der Waals surface area contributed by atoms with E-state index in [4.69, 9.17) is 4.74 Å². The van der Waals surface area contributed by atoms with Gasteiger partial charge in [-0.1, -0.05) is 30.3 Å². The van der Waals surface area contributed by atoms with Crippen molar-refractivity contribution in [2.45, 2.75) is 32.9 Å². The highest BCUT2D eigenvalue weighted by molar-refractivity contribution is 5.76. The molecule has 0 unspecified atom stereocenters. The third kappa shape index (κ3) is 3.63. The van der Waals surface area contributed by atoms with Crippen molar-refractivity contribution < 1.29 is 9.53 Å². The number of esters is 1. The van der Waals surface area contributed by atoms with Gasteiger partial charge in [0.05, 0.1) is 43.0 Å². The third-order valence-electron chi connectivity index (χ3n) is 4.19. The van der Waals surface area contributed by atoms with Crippen molar-refractivity contribution in [2.24, 2.45) is 0 Å². The molecule has 2 heterocycles. The van der Waals surface area contributed by atoms with Gasteiger partial charge in [-0.2, -0.15) is 0 Å². The van der Waals surface area contributed by atoms with Crippen molar-refractivity contribution in [2.75, 3.05) is 7.11 Å². The third-order valence-corrected chi connectivity index (χ3v) is 4.19. The van der Waals surface area contributed by atoms with Gasteiger partial charge in [-0.15, -0.1) is 0 Å². The minimum atomic E-state index is -0.191. The average Bonchev–Trinajstić information content (AvgIpc) is 3.28. The van der Waals surface area contributed by atoms with Crippen LogP contribution in [-0.2, 0) is 22.6 Å². The SMILES string of the molecule is CCn1cncc1-c1c(-c2ccccc2)ncn1CCCC(=O)OC. The summed E-state index contributed by atoms with van der Waals surface area (Å²) in [7, 11) is 1.41. The number of imidazole rings is 2. The molecule has 0 radical (unpaired) electrons. The Morgan fingerprint density at radius 1 is 1.16 bits per heavy atom. The van der Waals surface area contributed by atoms with E-state index in [1.165, 1.54) is 7.11 Å².